The molecule has 0 aliphatic carbocycles. The SMILES string of the molecule is NS(=O)(=O)c1ccccc1NC(=O)c1ccc(Cl)nc1. The molecule has 1 aromatic carbocycles. The Labute approximate surface area is 120 Å². The first-order chi connectivity index (χ1) is 9.38. The van der Waals surface area contributed by atoms with Crippen molar-refractivity contribution >= 4 is 33.2 Å². The molecule has 0 bridgehead atoms. The fourth-order valence-electron chi connectivity index (χ4n) is 1.52. The highest BCUT2D eigenvalue weighted by atomic mass is 35.5. The van der Waals surface area contributed by atoms with E-state index < -0.39 is 15.9 Å². The highest BCUT2D eigenvalue weighted by molar-refractivity contribution is 7.89. The number of primary sulfonamides is 1. The lowest BCUT2D eigenvalue weighted by atomic mass is 10.2. The summed E-state index contributed by atoms with van der Waals surface area (Å²) in [7, 11) is -3.92. The predicted octanol–water partition coefficient (Wildman–Crippen LogP) is 1.63. The van der Waals surface area contributed by atoms with Crippen LogP contribution in [0.1, 0.15) is 10.4 Å². The van der Waals surface area contributed by atoms with E-state index in [0.29, 0.717) is 0 Å². The van der Waals surface area contributed by atoms with Gasteiger partial charge in [0.1, 0.15) is 10.0 Å². The Morgan fingerprint density at radius 1 is 1.20 bits per heavy atom. The number of nitrogens with zero attached hydrogens (tertiary/aromatic N) is 1. The first-order valence-electron chi connectivity index (χ1n) is 5.42. The zero-order valence-corrected chi connectivity index (χ0v) is 11.6. The average Bonchev–Trinajstić information content (AvgIpc) is 2.38. The van der Waals surface area contributed by atoms with E-state index in [0.717, 1.165) is 0 Å². The van der Waals surface area contributed by atoms with Crippen LogP contribution in [0.3, 0.4) is 0 Å². The highest BCUT2D eigenvalue weighted by Crippen LogP contribution is 2.20. The number of anilines is 1. The smallest absolute Gasteiger partial charge is 0.257 e. The number of carbonyl (C=O) groups excluding carboxylic acids is 1. The number of benzene rings is 1. The van der Waals surface area contributed by atoms with Gasteiger partial charge in [0.15, 0.2) is 0 Å². The van der Waals surface area contributed by atoms with Crippen LogP contribution < -0.4 is 10.5 Å². The van der Waals surface area contributed by atoms with Crippen molar-refractivity contribution in [1.29, 1.82) is 0 Å². The molecule has 8 heteroatoms. The number of para-hydroxylation sites is 1. The minimum Gasteiger partial charge on any atom is -0.321 e. The Bertz CT molecular complexity index is 745. The van der Waals surface area contributed by atoms with Crippen LogP contribution in [0.5, 0.6) is 0 Å². The van der Waals surface area contributed by atoms with Gasteiger partial charge in [-0.3, -0.25) is 4.79 Å². The van der Waals surface area contributed by atoms with E-state index in [1.165, 1.54) is 36.5 Å². The number of rotatable bonds is 3. The molecule has 0 unspecified atom stereocenters. The normalized spacial score (nSPS) is 11.1. The van der Waals surface area contributed by atoms with Crippen molar-refractivity contribution in [2.75, 3.05) is 5.32 Å². The van der Waals surface area contributed by atoms with Crippen LogP contribution in [-0.4, -0.2) is 19.3 Å². The molecule has 1 heterocycles. The lowest BCUT2D eigenvalue weighted by Crippen LogP contribution is -2.18. The second kappa shape index (κ2) is 5.58. The van der Waals surface area contributed by atoms with Gasteiger partial charge < -0.3 is 5.32 Å². The fourth-order valence-corrected chi connectivity index (χ4v) is 2.33. The number of nitrogens with two attached hydrogens (primary N) is 1. The monoisotopic (exact) mass is 311 g/mol. The van der Waals surface area contributed by atoms with Crippen LogP contribution in [0.25, 0.3) is 0 Å². The Hall–Kier alpha value is -1.96. The van der Waals surface area contributed by atoms with E-state index in [2.05, 4.69) is 10.3 Å². The molecular formula is C12H10ClN3O3S. The molecule has 0 saturated carbocycles. The summed E-state index contributed by atoms with van der Waals surface area (Å²) >= 11 is 5.62. The summed E-state index contributed by atoms with van der Waals surface area (Å²) in [5.41, 5.74) is 0.355. The van der Waals surface area contributed by atoms with Crippen LogP contribution in [0, 0.1) is 0 Å². The molecular weight excluding hydrogens is 302 g/mol. The van der Waals surface area contributed by atoms with E-state index >= 15 is 0 Å². The Balaban J connectivity index is 2.31. The van der Waals surface area contributed by atoms with Crippen molar-refractivity contribution in [2.45, 2.75) is 4.90 Å². The average molecular weight is 312 g/mol. The van der Waals surface area contributed by atoms with Crippen molar-refractivity contribution in [3.05, 3.63) is 53.3 Å². The summed E-state index contributed by atoms with van der Waals surface area (Å²) in [6, 6.07) is 8.79. The topological polar surface area (TPSA) is 102 Å². The summed E-state index contributed by atoms with van der Waals surface area (Å²) in [6.45, 7) is 0. The number of carbonyl (C=O) groups is 1. The molecule has 6 nitrogen and oxygen atoms in total. The van der Waals surface area contributed by atoms with Gasteiger partial charge in [-0.15, -0.1) is 0 Å². The van der Waals surface area contributed by atoms with Gasteiger partial charge in [0.25, 0.3) is 5.91 Å². The van der Waals surface area contributed by atoms with Crippen LogP contribution in [0.2, 0.25) is 5.15 Å². The minimum atomic E-state index is -3.92. The molecule has 3 N–H and O–H groups in total. The third-order valence-electron chi connectivity index (χ3n) is 2.43. The summed E-state index contributed by atoms with van der Waals surface area (Å²) in [6.07, 6.45) is 1.29. The van der Waals surface area contributed by atoms with Gasteiger partial charge in [0.05, 0.1) is 11.3 Å². The van der Waals surface area contributed by atoms with Gasteiger partial charge in [-0.1, -0.05) is 23.7 Å². The van der Waals surface area contributed by atoms with Crippen molar-refractivity contribution in [1.82, 2.24) is 4.98 Å². The van der Waals surface area contributed by atoms with Gasteiger partial charge in [0.2, 0.25) is 10.0 Å². The minimum absolute atomic E-state index is 0.106. The number of pyridine rings is 1. The number of hydrogen-bond acceptors (Lipinski definition) is 4. The first-order valence-corrected chi connectivity index (χ1v) is 7.35. The number of halogens is 1. The zero-order valence-electron chi connectivity index (χ0n) is 10.1. The molecule has 0 fully saturated rings. The zero-order chi connectivity index (χ0) is 14.8. The molecule has 104 valence electrons. The predicted molar refractivity (Wildman–Crippen MR) is 75.0 cm³/mol. The van der Waals surface area contributed by atoms with Gasteiger partial charge in [-0.25, -0.2) is 18.5 Å². The molecule has 0 atom stereocenters. The summed E-state index contributed by atoms with van der Waals surface area (Å²) in [5.74, 6) is -0.509. The van der Waals surface area contributed by atoms with E-state index in [9.17, 15) is 13.2 Å². The quantitative estimate of drug-likeness (QED) is 0.841. The Morgan fingerprint density at radius 3 is 2.50 bits per heavy atom. The number of amides is 1. The molecule has 0 aliphatic heterocycles. The van der Waals surface area contributed by atoms with E-state index in [1.807, 2.05) is 0 Å². The molecule has 1 aromatic heterocycles. The molecule has 0 saturated heterocycles. The maximum atomic E-state index is 12.0. The maximum absolute atomic E-state index is 12.0. The lowest BCUT2D eigenvalue weighted by Gasteiger charge is -2.09. The molecule has 0 spiro atoms. The van der Waals surface area contributed by atoms with Crippen LogP contribution >= 0.6 is 11.6 Å². The third kappa shape index (κ3) is 3.32. The standard InChI is InChI=1S/C12H10ClN3O3S/c13-11-6-5-8(7-15-11)12(17)16-9-3-1-2-4-10(9)20(14,18)19/h1-7H,(H,16,17)(H2,14,18,19). The number of aromatic nitrogens is 1. The van der Waals surface area contributed by atoms with Crippen LogP contribution in [0.4, 0.5) is 5.69 Å². The molecule has 0 radical (unpaired) electrons. The van der Waals surface area contributed by atoms with Gasteiger partial charge in [0, 0.05) is 6.20 Å². The van der Waals surface area contributed by atoms with Crippen molar-refractivity contribution in [2.24, 2.45) is 5.14 Å². The Morgan fingerprint density at radius 2 is 1.90 bits per heavy atom. The summed E-state index contributed by atoms with van der Waals surface area (Å²) in [4.78, 5) is 15.6. The summed E-state index contributed by atoms with van der Waals surface area (Å²) in [5, 5.41) is 7.81. The lowest BCUT2D eigenvalue weighted by molar-refractivity contribution is 0.102. The van der Waals surface area contributed by atoms with Crippen molar-refractivity contribution in [3.8, 4) is 0 Å². The number of hydrogen-bond donors (Lipinski definition) is 2. The van der Waals surface area contributed by atoms with Crippen molar-refractivity contribution < 1.29 is 13.2 Å². The number of sulfonamides is 1. The third-order valence-corrected chi connectivity index (χ3v) is 3.62. The Kier molecular flexibility index (Phi) is 4.03. The van der Waals surface area contributed by atoms with Gasteiger partial charge in [-0.2, -0.15) is 0 Å². The second-order valence-corrected chi connectivity index (χ2v) is 5.78. The summed E-state index contributed by atoms with van der Waals surface area (Å²) < 4.78 is 22.8. The number of nitrogens with one attached hydrogen (secondary N) is 1. The van der Waals surface area contributed by atoms with E-state index in [4.69, 9.17) is 16.7 Å². The largest absolute Gasteiger partial charge is 0.321 e. The van der Waals surface area contributed by atoms with Crippen LogP contribution in [-0.2, 0) is 10.0 Å². The molecule has 2 rings (SSSR count). The molecule has 2 aromatic rings. The first kappa shape index (κ1) is 14.4. The fraction of sp³-hybridized carbons (Fsp3) is 0. The van der Waals surface area contributed by atoms with E-state index in [1.54, 1.807) is 6.07 Å². The maximum Gasteiger partial charge on any atom is 0.257 e. The molecule has 1 amide bonds. The van der Waals surface area contributed by atoms with E-state index in [-0.39, 0.29) is 21.3 Å². The van der Waals surface area contributed by atoms with Gasteiger partial charge >= 0.3 is 0 Å². The van der Waals surface area contributed by atoms with Gasteiger partial charge in [-0.05, 0) is 24.3 Å². The highest BCUT2D eigenvalue weighted by Gasteiger charge is 2.15. The van der Waals surface area contributed by atoms with Crippen molar-refractivity contribution in [3.63, 3.8) is 0 Å². The second-order valence-electron chi connectivity index (χ2n) is 3.86. The van der Waals surface area contributed by atoms with Crippen LogP contribution in [0.15, 0.2) is 47.5 Å². The molecule has 0 aliphatic rings. The molecule has 20 heavy (non-hydrogen) atoms.